The van der Waals surface area contributed by atoms with E-state index in [0.717, 1.165) is 16.1 Å². The lowest BCUT2D eigenvalue weighted by atomic mass is 9.93. The van der Waals surface area contributed by atoms with Gasteiger partial charge in [0.2, 0.25) is 0 Å². The van der Waals surface area contributed by atoms with E-state index in [0.29, 0.717) is 5.92 Å². The lowest BCUT2D eigenvalue weighted by Crippen LogP contribution is -2.05. The van der Waals surface area contributed by atoms with Gasteiger partial charge in [-0.3, -0.25) is 0 Å². The molecule has 1 aromatic heterocycles. The molecule has 0 saturated carbocycles. The first-order chi connectivity index (χ1) is 8.20. The third kappa shape index (κ3) is 3.34. The van der Waals surface area contributed by atoms with Gasteiger partial charge in [0.05, 0.1) is 4.34 Å². The minimum Gasteiger partial charge on any atom is -0.128 e. The van der Waals surface area contributed by atoms with Gasteiger partial charge in [0.1, 0.15) is 0 Å². The van der Waals surface area contributed by atoms with Gasteiger partial charge in [-0.1, -0.05) is 51.8 Å². The second-order valence-corrected chi connectivity index (χ2v) is 6.56. The molecule has 1 unspecified atom stereocenters. The quantitative estimate of drug-likeness (QED) is 0.656. The zero-order valence-electron chi connectivity index (χ0n) is 9.62. The molecule has 0 spiro atoms. The van der Waals surface area contributed by atoms with Gasteiger partial charge in [0, 0.05) is 10.2 Å². The van der Waals surface area contributed by atoms with Gasteiger partial charge in [0.15, 0.2) is 0 Å². The molecule has 1 heterocycles. The third-order valence-corrected chi connectivity index (χ3v) is 4.93. The number of hydrogen-bond donors (Lipinski definition) is 0. The second-order valence-electron chi connectivity index (χ2n) is 4.12. The van der Waals surface area contributed by atoms with Crippen molar-refractivity contribution in [3.63, 3.8) is 0 Å². The van der Waals surface area contributed by atoms with Gasteiger partial charge < -0.3 is 0 Å². The van der Waals surface area contributed by atoms with Crippen LogP contribution in [-0.2, 0) is 6.42 Å². The molecule has 1 aromatic carbocycles. The Kier molecular flexibility index (Phi) is 4.66. The van der Waals surface area contributed by atoms with Crippen LogP contribution < -0.4 is 0 Å². The van der Waals surface area contributed by atoms with E-state index < -0.39 is 0 Å². The van der Waals surface area contributed by atoms with Gasteiger partial charge in [-0.15, -0.1) is 11.3 Å². The van der Waals surface area contributed by atoms with Crippen LogP contribution >= 0.6 is 38.9 Å². The Hall–Kier alpha value is -0.310. The summed E-state index contributed by atoms with van der Waals surface area (Å²) in [5.74, 6) is 0.519. The second kappa shape index (κ2) is 6.03. The summed E-state index contributed by atoms with van der Waals surface area (Å²) in [6, 6.07) is 12.7. The molecule has 0 amide bonds. The van der Waals surface area contributed by atoms with E-state index in [2.05, 4.69) is 53.2 Å². The zero-order chi connectivity index (χ0) is 12.3. The Balaban J connectivity index is 2.20. The summed E-state index contributed by atoms with van der Waals surface area (Å²) in [5.41, 5.74) is 2.79. The molecular formula is C14H14BrClS. The van der Waals surface area contributed by atoms with E-state index in [4.69, 9.17) is 11.6 Å². The van der Waals surface area contributed by atoms with Crippen LogP contribution in [0.15, 0.2) is 36.4 Å². The number of rotatable bonds is 4. The van der Waals surface area contributed by atoms with Crippen LogP contribution in [-0.4, -0.2) is 5.33 Å². The van der Waals surface area contributed by atoms with Gasteiger partial charge in [0.25, 0.3) is 0 Å². The summed E-state index contributed by atoms with van der Waals surface area (Å²) in [4.78, 5) is 1.35. The van der Waals surface area contributed by atoms with Crippen LogP contribution in [0, 0.1) is 6.92 Å². The smallest absolute Gasteiger partial charge is 0.0931 e. The molecule has 90 valence electrons. The van der Waals surface area contributed by atoms with E-state index >= 15 is 0 Å². The molecule has 0 aliphatic rings. The lowest BCUT2D eigenvalue weighted by Gasteiger charge is -2.16. The Morgan fingerprint density at radius 1 is 1.24 bits per heavy atom. The highest BCUT2D eigenvalue weighted by atomic mass is 79.9. The minimum atomic E-state index is 0.519. The molecule has 0 saturated heterocycles. The van der Waals surface area contributed by atoms with Crippen molar-refractivity contribution in [3.8, 4) is 0 Å². The molecule has 17 heavy (non-hydrogen) atoms. The summed E-state index contributed by atoms with van der Waals surface area (Å²) in [5, 5.41) is 0.980. The van der Waals surface area contributed by atoms with Crippen LogP contribution in [0.1, 0.15) is 21.9 Å². The maximum absolute atomic E-state index is 5.97. The minimum absolute atomic E-state index is 0.519. The first-order valence-corrected chi connectivity index (χ1v) is 7.88. The van der Waals surface area contributed by atoms with Crippen LogP contribution in [0.25, 0.3) is 0 Å². The van der Waals surface area contributed by atoms with E-state index in [1.807, 2.05) is 6.07 Å². The number of hydrogen-bond acceptors (Lipinski definition) is 1. The molecule has 2 aromatic rings. The first kappa shape index (κ1) is 13.1. The number of alkyl halides is 1. The predicted octanol–water partition coefficient (Wildman–Crippen LogP) is 5.43. The Labute approximate surface area is 120 Å². The normalized spacial score (nSPS) is 12.6. The number of aryl methyl sites for hydroxylation is 1. The maximum Gasteiger partial charge on any atom is 0.0931 e. The highest BCUT2D eigenvalue weighted by molar-refractivity contribution is 9.09. The molecule has 0 bridgehead atoms. The maximum atomic E-state index is 5.97. The summed E-state index contributed by atoms with van der Waals surface area (Å²) in [7, 11) is 0. The van der Waals surface area contributed by atoms with E-state index in [1.54, 1.807) is 11.3 Å². The van der Waals surface area contributed by atoms with Crippen LogP contribution in [0.4, 0.5) is 0 Å². The number of benzene rings is 1. The molecular weight excluding hydrogens is 316 g/mol. The highest BCUT2D eigenvalue weighted by Gasteiger charge is 2.14. The molecule has 0 aliphatic carbocycles. The van der Waals surface area contributed by atoms with Crippen molar-refractivity contribution in [2.45, 2.75) is 19.3 Å². The van der Waals surface area contributed by atoms with Crippen molar-refractivity contribution in [1.29, 1.82) is 0 Å². The van der Waals surface area contributed by atoms with Crippen molar-refractivity contribution >= 4 is 38.9 Å². The average molecular weight is 330 g/mol. The summed E-state index contributed by atoms with van der Waals surface area (Å²) in [6.45, 7) is 2.17. The molecule has 0 N–H and O–H groups in total. The summed E-state index contributed by atoms with van der Waals surface area (Å²) < 4.78 is 0.873. The fourth-order valence-electron chi connectivity index (χ4n) is 2.00. The van der Waals surface area contributed by atoms with E-state index in [1.165, 1.54) is 16.0 Å². The van der Waals surface area contributed by atoms with Crippen molar-refractivity contribution in [1.82, 2.24) is 0 Å². The Bertz CT molecular complexity index is 492. The standard InChI is InChI=1S/C14H14BrClS/c1-10-4-2-3-5-13(10)11(9-15)8-12-6-7-14(16)17-12/h2-7,11H,8-9H2,1H3. The molecule has 0 radical (unpaired) electrons. The van der Waals surface area contributed by atoms with Crippen molar-refractivity contribution < 1.29 is 0 Å². The molecule has 0 nitrogen and oxygen atoms in total. The van der Waals surface area contributed by atoms with Crippen molar-refractivity contribution in [2.75, 3.05) is 5.33 Å². The van der Waals surface area contributed by atoms with Gasteiger partial charge >= 0.3 is 0 Å². The molecule has 0 aliphatic heterocycles. The average Bonchev–Trinajstić information content (AvgIpc) is 2.73. The van der Waals surface area contributed by atoms with E-state index in [9.17, 15) is 0 Å². The molecule has 0 fully saturated rings. The zero-order valence-corrected chi connectivity index (χ0v) is 12.8. The largest absolute Gasteiger partial charge is 0.128 e. The van der Waals surface area contributed by atoms with Crippen LogP contribution in [0.5, 0.6) is 0 Å². The monoisotopic (exact) mass is 328 g/mol. The number of thiophene rings is 1. The fraction of sp³-hybridized carbons (Fsp3) is 0.286. The van der Waals surface area contributed by atoms with Crippen molar-refractivity contribution in [2.24, 2.45) is 0 Å². The van der Waals surface area contributed by atoms with Gasteiger partial charge in [-0.2, -0.15) is 0 Å². The van der Waals surface area contributed by atoms with E-state index in [-0.39, 0.29) is 0 Å². The van der Waals surface area contributed by atoms with Gasteiger partial charge in [-0.25, -0.2) is 0 Å². The lowest BCUT2D eigenvalue weighted by molar-refractivity contribution is 0.779. The topological polar surface area (TPSA) is 0 Å². The Morgan fingerprint density at radius 3 is 2.59 bits per heavy atom. The molecule has 1 atom stereocenters. The first-order valence-electron chi connectivity index (χ1n) is 5.56. The van der Waals surface area contributed by atoms with Gasteiger partial charge in [-0.05, 0) is 42.5 Å². The molecule has 2 rings (SSSR count). The molecule has 3 heteroatoms. The highest BCUT2D eigenvalue weighted by Crippen LogP contribution is 2.30. The van der Waals surface area contributed by atoms with Crippen molar-refractivity contribution in [3.05, 3.63) is 56.7 Å². The fourth-order valence-corrected chi connectivity index (χ4v) is 3.74. The predicted molar refractivity (Wildman–Crippen MR) is 80.7 cm³/mol. The number of halogens is 2. The summed E-state index contributed by atoms with van der Waals surface area (Å²) in [6.07, 6.45) is 1.05. The Morgan fingerprint density at radius 2 is 2.00 bits per heavy atom. The third-order valence-electron chi connectivity index (χ3n) is 2.89. The summed E-state index contributed by atoms with van der Waals surface area (Å²) >= 11 is 11.3. The van der Waals surface area contributed by atoms with Crippen LogP contribution in [0.3, 0.4) is 0 Å². The SMILES string of the molecule is Cc1ccccc1C(CBr)Cc1ccc(Cl)s1. The van der Waals surface area contributed by atoms with Crippen LogP contribution in [0.2, 0.25) is 4.34 Å².